The Balaban J connectivity index is 1.60. The van der Waals surface area contributed by atoms with Crippen molar-refractivity contribution in [3.8, 4) is 0 Å². The van der Waals surface area contributed by atoms with E-state index >= 15 is 0 Å². The van der Waals surface area contributed by atoms with Gasteiger partial charge in [-0.1, -0.05) is 12.1 Å². The molecule has 0 radical (unpaired) electrons. The zero-order valence-corrected chi connectivity index (χ0v) is 17.9. The third-order valence-corrected chi connectivity index (χ3v) is 5.44. The number of hydrogen-bond donors (Lipinski definition) is 1. The molecule has 3 rings (SSSR count). The van der Waals surface area contributed by atoms with E-state index in [0.717, 1.165) is 22.2 Å². The molecule has 1 atom stereocenters. The van der Waals surface area contributed by atoms with Gasteiger partial charge < -0.3 is 20.0 Å². The number of benzene rings is 1. The summed E-state index contributed by atoms with van der Waals surface area (Å²) in [5.41, 5.74) is 2.76. The van der Waals surface area contributed by atoms with E-state index < -0.39 is 0 Å². The smallest absolute Gasteiger partial charge is 0.253 e. The van der Waals surface area contributed by atoms with Crippen LogP contribution in [0, 0.1) is 0 Å². The number of fused-ring (bicyclic) bond motifs is 1. The maximum absolute atomic E-state index is 12.6. The molecule has 6 nitrogen and oxygen atoms in total. The first-order valence-corrected chi connectivity index (χ1v) is 10.0. The molecule has 1 aromatic carbocycles. The number of nitrogens with zero attached hydrogens (tertiary/aromatic N) is 3. The van der Waals surface area contributed by atoms with E-state index in [0.29, 0.717) is 18.7 Å². The molecule has 1 unspecified atom stereocenters. The minimum absolute atomic E-state index is 0.0167. The van der Waals surface area contributed by atoms with E-state index in [1.807, 2.05) is 42.7 Å². The van der Waals surface area contributed by atoms with Gasteiger partial charge in [0.1, 0.15) is 6.17 Å². The monoisotopic (exact) mass is 444 g/mol. The van der Waals surface area contributed by atoms with Crippen molar-refractivity contribution >= 4 is 33.4 Å². The maximum atomic E-state index is 12.6. The topological polar surface area (TPSA) is 55.9 Å². The Morgan fingerprint density at radius 1 is 1.14 bits per heavy atom. The molecule has 0 aliphatic carbocycles. The summed E-state index contributed by atoms with van der Waals surface area (Å²) in [5, 5.41) is 3.33. The number of carbonyl (C=O) groups is 2. The Kier molecular flexibility index (Phi) is 6.24. The molecular formula is C21H25BrN4O2. The SMILES string of the molecule is CC(=O)N(C)CCCN(C)C(=O)c1ccc(C2=CNC3C=CC(Br)=CN23)cc1. The number of halogens is 1. The van der Waals surface area contributed by atoms with Crippen LogP contribution in [0.4, 0.5) is 0 Å². The van der Waals surface area contributed by atoms with Crippen LogP contribution in [-0.4, -0.2) is 59.9 Å². The third-order valence-electron chi connectivity index (χ3n) is 4.97. The average molecular weight is 445 g/mol. The molecule has 2 aliphatic heterocycles. The first-order valence-electron chi connectivity index (χ1n) is 9.24. The molecule has 2 amide bonds. The van der Waals surface area contributed by atoms with Gasteiger partial charge in [-0.05, 0) is 52.2 Å². The van der Waals surface area contributed by atoms with Crippen molar-refractivity contribution in [2.24, 2.45) is 0 Å². The number of nitrogens with one attached hydrogen (secondary N) is 1. The van der Waals surface area contributed by atoms with Gasteiger partial charge in [0.15, 0.2) is 0 Å². The molecule has 1 aromatic rings. The molecule has 0 saturated heterocycles. The van der Waals surface area contributed by atoms with Crippen LogP contribution in [0.2, 0.25) is 0 Å². The Hall–Kier alpha value is -2.54. The van der Waals surface area contributed by atoms with Crippen LogP contribution in [0.1, 0.15) is 29.3 Å². The van der Waals surface area contributed by atoms with Crippen molar-refractivity contribution < 1.29 is 9.59 Å². The number of rotatable bonds is 6. The summed E-state index contributed by atoms with van der Waals surface area (Å²) >= 11 is 3.51. The second-order valence-electron chi connectivity index (χ2n) is 7.02. The Labute approximate surface area is 174 Å². The molecule has 0 saturated carbocycles. The molecule has 28 heavy (non-hydrogen) atoms. The number of hydrogen-bond acceptors (Lipinski definition) is 4. The fourth-order valence-electron chi connectivity index (χ4n) is 3.17. The van der Waals surface area contributed by atoms with Crippen molar-refractivity contribution in [1.29, 1.82) is 0 Å². The highest BCUT2D eigenvalue weighted by Crippen LogP contribution is 2.30. The summed E-state index contributed by atoms with van der Waals surface area (Å²) in [6.07, 6.45) is 9.02. The average Bonchev–Trinajstić information content (AvgIpc) is 3.10. The lowest BCUT2D eigenvalue weighted by Gasteiger charge is -2.26. The van der Waals surface area contributed by atoms with Gasteiger partial charge in [-0.15, -0.1) is 0 Å². The van der Waals surface area contributed by atoms with Crippen molar-refractivity contribution in [2.45, 2.75) is 19.5 Å². The van der Waals surface area contributed by atoms with Crippen molar-refractivity contribution in [3.05, 3.63) is 64.4 Å². The van der Waals surface area contributed by atoms with Gasteiger partial charge in [0, 0.05) is 56.6 Å². The van der Waals surface area contributed by atoms with Gasteiger partial charge >= 0.3 is 0 Å². The van der Waals surface area contributed by atoms with E-state index in [2.05, 4.69) is 32.2 Å². The zero-order valence-electron chi connectivity index (χ0n) is 16.4. The van der Waals surface area contributed by atoms with E-state index in [1.54, 1.807) is 30.8 Å². The third kappa shape index (κ3) is 4.47. The summed E-state index contributed by atoms with van der Waals surface area (Å²) in [5.74, 6) is 0.0190. The fourth-order valence-corrected chi connectivity index (χ4v) is 3.54. The standard InChI is InChI=1S/C21H25BrN4O2/c1-15(27)24(2)11-4-12-25(3)21(28)17-7-5-16(6-8-17)19-13-23-20-10-9-18(22)14-26(19)20/h5-10,13-14,20,23H,4,11-12H2,1-3H3. The van der Waals surface area contributed by atoms with Gasteiger partial charge in [0.25, 0.3) is 5.91 Å². The maximum Gasteiger partial charge on any atom is 0.253 e. The van der Waals surface area contributed by atoms with E-state index in [9.17, 15) is 9.59 Å². The molecular weight excluding hydrogens is 420 g/mol. The molecule has 0 fully saturated rings. The summed E-state index contributed by atoms with van der Waals surface area (Å²) in [6, 6.07) is 7.67. The molecule has 1 N–H and O–H groups in total. The molecule has 148 valence electrons. The molecule has 7 heteroatoms. The number of amides is 2. The zero-order chi connectivity index (χ0) is 20.3. The largest absolute Gasteiger partial charge is 0.366 e. The van der Waals surface area contributed by atoms with Crippen molar-refractivity contribution in [1.82, 2.24) is 20.0 Å². The molecule has 2 aliphatic rings. The predicted molar refractivity (Wildman–Crippen MR) is 114 cm³/mol. The van der Waals surface area contributed by atoms with Gasteiger partial charge in [-0.25, -0.2) is 0 Å². The van der Waals surface area contributed by atoms with E-state index in [4.69, 9.17) is 0 Å². The second kappa shape index (κ2) is 8.65. The van der Waals surface area contributed by atoms with E-state index in [1.165, 1.54) is 0 Å². The summed E-state index contributed by atoms with van der Waals surface area (Å²) in [6.45, 7) is 2.79. The summed E-state index contributed by atoms with van der Waals surface area (Å²) in [4.78, 5) is 29.4. The highest BCUT2D eigenvalue weighted by molar-refractivity contribution is 9.11. The highest BCUT2D eigenvalue weighted by atomic mass is 79.9. The lowest BCUT2D eigenvalue weighted by molar-refractivity contribution is -0.127. The second-order valence-corrected chi connectivity index (χ2v) is 7.94. The lowest BCUT2D eigenvalue weighted by atomic mass is 10.1. The van der Waals surface area contributed by atoms with Crippen molar-refractivity contribution in [2.75, 3.05) is 27.2 Å². The number of carbonyl (C=O) groups excluding carboxylic acids is 2. The normalized spacial score (nSPS) is 17.4. The first-order chi connectivity index (χ1) is 13.4. The summed E-state index contributed by atoms with van der Waals surface area (Å²) in [7, 11) is 3.56. The van der Waals surface area contributed by atoms with Crippen molar-refractivity contribution in [3.63, 3.8) is 0 Å². The minimum atomic E-state index is -0.0167. The predicted octanol–water partition coefficient (Wildman–Crippen LogP) is 2.96. The molecule has 0 bridgehead atoms. The highest BCUT2D eigenvalue weighted by Gasteiger charge is 2.25. The van der Waals surface area contributed by atoms with E-state index in [-0.39, 0.29) is 18.0 Å². The summed E-state index contributed by atoms with van der Waals surface area (Å²) < 4.78 is 1.02. The Morgan fingerprint density at radius 3 is 2.50 bits per heavy atom. The van der Waals surface area contributed by atoms with Gasteiger partial charge in [0.05, 0.1) is 5.70 Å². The van der Waals surface area contributed by atoms with Gasteiger partial charge in [-0.3, -0.25) is 9.59 Å². The Bertz CT molecular complexity index is 844. The van der Waals surface area contributed by atoms with Gasteiger partial charge in [-0.2, -0.15) is 0 Å². The van der Waals surface area contributed by atoms with Crippen LogP contribution in [0.5, 0.6) is 0 Å². The van der Waals surface area contributed by atoms with Crippen LogP contribution in [0.3, 0.4) is 0 Å². The molecule has 0 aromatic heterocycles. The van der Waals surface area contributed by atoms with Gasteiger partial charge in [0.2, 0.25) is 5.91 Å². The molecule has 0 spiro atoms. The minimum Gasteiger partial charge on any atom is -0.366 e. The fraction of sp³-hybridized carbons (Fsp3) is 0.333. The van der Waals surface area contributed by atoms with Crippen LogP contribution < -0.4 is 5.32 Å². The van der Waals surface area contributed by atoms with Crippen LogP contribution >= 0.6 is 15.9 Å². The quantitative estimate of drug-likeness (QED) is 0.732. The first kappa shape index (κ1) is 20.2. The van der Waals surface area contributed by atoms with Crippen LogP contribution in [0.25, 0.3) is 5.70 Å². The lowest BCUT2D eigenvalue weighted by Crippen LogP contribution is -2.32. The Morgan fingerprint density at radius 2 is 1.82 bits per heavy atom. The molecule has 2 heterocycles. The van der Waals surface area contributed by atoms with Crippen LogP contribution in [-0.2, 0) is 4.79 Å². The van der Waals surface area contributed by atoms with Crippen LogP contribution in [0.15, 0.2) is 53.3 Å². The number of allylic oxidation sites excluding steroid dienone is 2.